The molecule has 0 radical (unpaired) electrons. The molecular weight excluding hydrogens is 236 g/mol. The van der Waals surface area contributed by atoms with Gasteiger partial charge in [0.15, 0.2) is 9.84 Å². The molecule has 0 aromatic rings. The van der Waals surface area contributed by atoms with E-state index in [-0.39, 0.29) is 11.8 Å². The van der Waals surface area contributed by atoms with Crippen molar-refractivity contribution in [2.75, 3.05) is 19.3 Å². The Bertz CT molecular complexity index is 405. The number of rotatable bonds is 2. The van der Waals surface area contributed by atoms with Crippen LogP contribution in [0.5, 0.6) is 0 Å². The van der Waals surface area contributed by atoms with E-state index >= 15 is 0 Å². The molecule has 0 amide bonds. The summed E-state index contributed by atoms with van der Waals surface area (Å²) in [5.74, 6) is 0.786. The second-order valence-corrected chi connectivity index (χ2v) is 7.47. The molecule has 2 rings (SSSR count). The average molecular weight is 258 g/mol. The summed E-state index contributed by atoms with van der Waals surface area (Å²) < 4.78 is 22.7. The summed E-state index contributed by atoms with van der Waals surface area (Å²) in [6.07, 6.45) is 2.87. The van der Waals surface area contributed by atoms with Crippen molar-refractivity contribution in [1.82, 2.24) is 10.2 Å². The lowest BCUT2D eigenvalue weighted by molar-refractivity contribution is 0.119. The van der Waals surface area contributed by atoms with Crippen LogP contribution in [0.3, 0.4) is 0 Å². The monoisotopic (exact) mass is 258 g/mol. The topological polar surface area (TPSA) is 49.4 Å². The van der Waals surface area contributed by atoms with E-state index in [0.717, 1.165) is 13.0 Å². The normalized spacial score (nSPS) is 41.8. The molecule has 5 heteroatoms. The van der Waals surface area contributed by atoms with E-state index in [1.807, 2.05) is 0 Å². The summed E-state index contributed by atoms with van der Waals surface area (Å²) in [4.78, 5) is 2.37. The number of nitrogens with zero attached hydrogens (tertiary/aromatic N) is 1. The molecule has 2 aliphatic heterocycles. The fraction of sp³-hybridized carbons (Fsp3) is 0.833. The molecule has 0 aromatic heterocycles. The van der Waals surface area contributed by atoms with E-state index in [1.54, 1.807) is 6.08 Å². The van der Waals surface area contributed by atoms with Crippen molar-refractivity contribution in [2.24, 2.45) is 5.92 Å². The minimum absolute atomic E-state index is 0.00283. The van der Waals surface area contributed by atoms with Gasteiger partial charge in [0.25, 0.3) is 0 Å². The maximum absolute atomic E-state index is 11.3. The fourth-order valence-corrected chi connectivity index (χ4v) is 3.98. The molecule has 98 valence electrons. The zero-order valence-corrected chi connectivity index (χ0v) is 11.6. The Hall–Kier alpha value is -0.390. The molecule has 0 bridgehead atoms. The molecular formula is C12H22N2O2S. The zero-order valence-electron chi connectivity index (χ0n) is 10.8. The molecule has 1 saturated heterocycles. The molecule has 0 aromatic carbocycles. The van der Waals surface area contributed by atoms with Crippen LogP contribution < -0.4 is 5.32 Å². The summed E-state index contributed by atoms with van der Waals surface area (Å²) in [5, 5.41) is 4.82. The SMILES string of the molecule is CC1CN(C)C(C)CC1NC1C=CS(=O)(=O)C1. The summed E-state index contributed by atoms with van der Waals surface area (Å²) >= 11 is 0. The number of sulfone groups is 1. The van der Waals surface area contributed by atoms with E-state index in [1.165, 1.54) is 5.41 Å². The lowest BCUT2D eigenvalue weighted by Crippen LogP contribution is -2.53. The van der Waals surface area contributed by atoms with E-state index < -0.39 is 9.84 Å². The van der Waals surface area contributed by atoms with Crippen LogP contribution in [-0.4, -0.2) is 50.8 Å². The minimum atomic E-state index is -2.94. The van der Waals surface area contributed by atoms with Crippen molar-refractivity contribution in [3.63, 3.8) is 0 Å². The van der Waals surface area contributed by atoms with Gasteiger partial charge in [0.2, 0.25) is 0 Å². The van der Waals surface area contributed by atoms with Crippen molar-refractivity contribution < 1.29 is 8.42 Å². The molecule has 0 spiro atoms. The van der Waals surface area contributed by atoms with Gasteiger partial charge in [-0.05, 0) is 26.3 Å². The number of piperidine rings is 1. The van der Waals surface area contributed by atoms with Gasteiger partial charge in [-0.3, -0.25) is 0 Å². The molecule has 0 aliphatic carbocycles. The lowest BCUT2D eigenvalue weighted by atomic mass is 9.89. The predicted molar refractivity (Wildman–Crippen MR) is 69.5 cm³/mol. The first kappa shape index (κ1) is 13.1. The van der Waals surface area contributed by atoms with Crippen LogP contribution in [0.1, 0.15) is 20.3 Å². The highest BCUT2D eigenvalue weighted by Crippen LogP contribution is 2.22. The summed E-state index contributed by atoms with van der Waals surface area (Å²) in [7, 11) is -0.791. The smallest absolute Gasteiger partial charge is 0.173 e. The Kier molecular flexibility index (Phi) is 3.61. The van der Waals surface area contributed by atoms with Crippen LogP contribution in [0.25, 0.3) is 0 Å². The standard InChI is InChI=1S/C12H22N2O2S/c1-9-7-14(3)10(2)6-12(9)13-11-4-5-17(15,16)8-11/h4-5,9-13H,6-8H2,1-3H3. The Morgan fingerprint density at radius 3 is 2.65 bits per heavy atom. The summed E-state index contributed by atoms with van der Waals surface area (Å²) in [6, 6.07) is 0.984. The summed E-state index contributed by atoms with van der Waals surface area (Å²) in [6.45, 7) is 5.52. The van der Waals surface area contributed by atoms with Gasteiger partial charge in [-0.1, -0.05) is 13.0 Å². The Morgan fingerprint density at radius 2 is 2.06 bits per heavy atom. The number of hydrogen-bond donors (Lipinski definition) is 1. The first-order valence-electron chi connectivity index (χ1n) is 6.24. The molecule has 2 aliphatic rings. The van der Waals surface area contributed by atoms with Gasteiger partial charge >= 0.3 is 0 Å². The molecule has 1 N–H and O–H groups in total. The van der Waals surface area contributed by atoms with Crippen molar-refractivity contribution in [3.05, 3.63) is 11.5 Å². The predicted octanol–water partition coefficient (Wildman–Crippen LogP) is 0.615. The van der Waals surface area contributed by atoms with Gasteiger partial charge in [0.1, 0.15) is 0 Å². The Balaban J connectivity index is 1.94. The zero-order chi connectivity index (χ0) is 12.6. The van der Waals surface area contributed by atoms with Crippen molar-refractivity contribution in [2.45, 2.75) is 38.4 Å². The third kappa shape index (κ3) is 3.09. The second-order valence-electron chi connectivity index (χ2n) is 5.54. The molecule has 4 atom stereocenters. The van der Waals surface area contributed by atoms with E-state index in [4.69, 9.17) is 0 Å². The number of nitrogens with one attached hydrogen (secondary N) is 1. The van der Waals surface area contributed by atoms with Crippen molar-refractivity contribution in [3.8, 4) is 0 Å². The van der Waals surface area contributed by atoms with Crippen molar-refractivity contribution >= 4 is 9.84 Å². The van der Waals surface area contributed by atoms with Crippen LogP contribution in [0.4, 0.5) is 0 Å². The van der Waals surface area contributed by atoms with Gasteiger partial charge in [-0.25, -0.2) is 8.42 Å². The van der Waals surface area contributed by atoms with E-state index in [0.29, 0.717) is 18.0 Å². The highest BCUT2D eigenvalue weighted by Gasteiger charge is 2.31. The molecule has 4 nitrogen and oxygen atoms in total. The van der Waals surface area contributed by atoms with E-state index in [9.17, 15) is 8.42 Å². The third-order valence-electron chi connectivity index (χ3n) is 3.97. The van der Waals surface area contributed by atoms with Crippen LogP contribution >= 0.6 is 0 Å². The molecule has 1 fully saturated rings. The first-order chi connectivity index (χ1) is 7.87. The van der Waals surface area contributed by atoms with Crippen LogP contribution in [0.2, 0.25) is 0 Å². The van der Waals surface area contributed by atoms with E-state index in [2.05, 4.69) is 31.1 Å². The quantitative estimate of drug-likeness (QED) is 0.789. The third-order valence-corrected chi connectivity index (χ3v) is 5.36. The van der Waals surface area contributed by atoms with Gasteiger partial charge in [-0.15, -0.1) is 0 Å². The van der Waals surface area contributed by atoms with Crippen LogP contribution in [0, 0.1) is 5.92 Å². The average Bonchev–Trinajstić information content (AvgIpc) is 2.54. The highest BCUT2D eigenvalue weighted by molar-refractivity contribution is 7.94. The molecule has 17 heavy (non-hydrogen) atoms. The molecule has 4 unspecified atom stereocenters. The fourth-order valence-electron chi connectivity index (χ4n) is 2.73. The maximum atomic E-state index is 11.3. The largest absolute Gasteiger partial charge is 0.306 e. The van der Waals surface area contributed by atoms with Crippen LogP contribution in [0.15, 0.2) is 11.5 Å². The first-order valence-corrected chi connectivity index (χ1v) is 7.96. The highest BCUT2D eigenvalue weighted by atomic mass is 32.2. The number of likely N-dealkylation sites (tertiary alicyclic amines) is 1. The van der Waals surface area contributed by atoms with Crippen molar-refractivity contribution in [1.29, 1.82) is 0 Å². The minimum Gasteiger partial charge on any atom is -0.306 e. The number of hydrogen-bond acceptors (Lipinski definition) is 4. The molecule has 2 heterocycles. The van der Waals surface area contributed by atoms with Crippen LogP contribution in [-0.2, 0) is 9.84 Å². The summed E-state index contributed by atoms with van der Waals surface area (Å²) in [5.41, 5.74) is 0. The second kappa shape index (κ2) is 4.71. The van der Waals surface area contributed by atoms with Gasteiger partial charge in [-0.2, -0.15) is 0 Å². The van der Waals surface area contributed by atoms with Gasteiger partial charge < -0.3 is 10.2 Å². The van der Waals surface area contributed by atoms with Gasteiger partial charge in [0.05, 0.1) is 5.75 Å². The maximum Gasteiger partial charge on any atom is 0.173 e. The molecule has 0 saturated carbocycles. The Labute approximate surface area is 104 Å². The van der Waals surface area contributed by atoms with Gasteiger partial charge in [0, 0.05) is 30.1 Å². The Morgan fingerprint density at radius 1 is 1.35 bits per heavy atom. The lowest BCUT2D eigenvalue weighted by Gasteiger charge is -2.40.